The lowest BCUT2D eigenvalue weighted by molar-refractivity contribution is -0.152. The van der Waals surface area contributed by atoms with Crippen molar-refractivity contribution in [2.75, 3.05) is 6.61 Å². The van der Waals surface area contributed by atoms with Crippen LogP contribution in [0.25, 0.3) is 0 Å². The first-order chi connectivity index (χ1) is 9.15. The predicted molar refractivity (Wildman–Crippen MR) is 75.8 cm³/mol. The highest BCUT2D eigenvalue weighted by molar-refractivity contribution is 5.73. The van der Waals surface area contributed by atoms with Gasteiger partial charge in [0.2, 0.25) is 0 Å². The van der Waals surface area contributed by atoms with Crippen LogP contribution in [0, 0.1) is 5.92 Å². The molecule has 0 bridgehead atoms. The van der Waals surface area contributed by atoms with Gasteiger partial charge in [0.15, 0.2) is 0 Å². The number of carbonyl (C=O) groups excluding carboxylic acids is 1. The summed E-state index contributed by atoms with van der Waals surface area (Å²) >= 11 is 0. The number of benzene rings is 1. The molecule has 0 radical (unpaired) electrons. The van der Waals surface area contributed by atoms with Crippen LogP contribution >= 0.6 is 0 Å². The smallest absolute Gasteiger partial charge is 0.309 e. The maximum absolute atomic E-state index is 11.7. The summed E-state index contributed by atoms with van der Waals surface area (Å²) < 4.78 is 5.12. The molecule has 1 heterocycles. The fourth-order valence-corrected chi connectivity index (χ4v) is 2.40. The maximum Gasteiger partial charge on any atom is 0.309 e. The van der Waals surface area contributed by atoms with Crippen LogP contribution in [-0.2, 0) is 22.5 Å². The molecule has 1 unspecified atom stereocenters. The summed E-state index contributed by atoms with van der Waals surface area (Å²) in [5, 5.41) is 3.41. The number of carbonyl (C=O) groups is 1. The molecular weight excluding hydrogens is 238 g/mol. The quantitative estimate of drug-likeness (QED) is 0.828. The van der Waals surface area contributed by atoms with E-state index in [9.17, 15) is 4.79 Å². The van der Waals surface area contributed by atoms with Gasteiger partial charge in [-0.25, -0.2) is 0 Å². The monoisotopic (exact) mass is 261 g/mol. The van der Waals surface area contributed by atoms with E-state index in [4.69, 9.17) is 4.74 Å². The molecule has 1 aromatic carbocycles. The molecule has 0 aliphatic carbocycles. The molecule has 1 aliphatic rings. The van der Waals surface area contributed by atoms with E-state index in [1.165, 1.54) is 11.1 Å². The molecule has 104 valence electrons. The van der Waals surface area contributed by atoms with Crippen LogP contribution in [0.1, 0.15) is 37.8 Å². The van der Waals surface area contributed by atoms with Crippen LogP contribution in [-0.4, -0.2) is 18.6 Å². The highest BCUT2D eigenvalue weighted by atomic mass is 16.5. The Hall–Kier alpha value is -1.35. The van der Waals surface area contributed by atoms with Gasteiger partial charge in [0.25, 0.3) is 0 Å². The Morgan fingerprint density at radius 2 is 2.16 bits per heavy atom. The highest BCUT2D eigenvalue weighted by Gasteiger charge is 2.24. The minimum absolute atomic E-state index is 0.0306. The van der Waals surface area contributed by atoms with Gasteiger partial charge in [-0.3, -0.25) is 4.79 Å². The molecule has 0 amide bonds. The average Bonchev–Trinajstić information content (AvgIpc) is 2.40. The number of nitrogens with one attached hydrogen (secondary N) is 1. The third kappa shape index (κ3) is 4.35. The van der Waals surface area contributed by atoms with Crippen molar-refractivity contribution in [3.05, 3.63) is 35.4 Å². The summed E-state index contributed by atoms with van der Waals surface area (Å²) in [6, 6.07) is 8.97. The second-order valence-electron chi connectivity index (χ2n) is 5.57. The van der Waals surface area contributed by atoms with E-state index in [-0.39, 0.29) is 11.9 Å². The summed E-state index contributed by atoms with van der Waals surface area (Å²) in [5.41, 5.74) is 2.50. The molecule has 0 saturated carbocycles. The van der Waals surface area contributed by atoms with Crippen LogP contribution in [0.2, 0.25) is 0 Å². The molecule has 3 heteroatoms. The van der Waals surface area contributed by atoms with Crippen LogP contribution in [0.4, 0.5) is 0 Å². The van der Waals surface area contributed by atoms with Crippen molar-refractivity contribution in [2.45, 2.75) is 45.7 Å². The van der Waals surface area contributed by atoms with Gasteiger partial charge in [-0.15, -0.1) is 0 Å². The van der Waals surface area contributed by atoms with Crippen molar-refractivity contribution in [2.24, 2.45) is 5.92 Å². The number of hydrogen-bond donors (Lipinski definition) is 1. The van der Waals surface area contributed by atoms with E-state index in [1.807, 2.05) is 0 Å². The van der Waals surface area contributed by atoms with Crippen molar-refractivity contribution in [3.8, 4) is 0 Å². The Morgan fingerprint density at radius 1 is 1.37 bits per heavy atom. The van der Waals surface area contributed by atoms with E-state index in [0.29, 0.717) is 12.6 Å². The Balaban J connectivity index is 1.96. The van der Waals surface area contributed by atoms with Crippen molar-refractivity contribution in [1.82, 2.24) is 5.32 Å². The first-order valence-electron chi connectivity index (χ1n) is 7.13. The number of cyclic esters (lactones) is 1. The van der Waals surface area contributed by atoms with Crippen LogP contribution in [0.5, 0.6) is 0 Å². The van der Waals surface area contributed by atoms with Crippen LogP contribution in [0.15, 0.2) is 24.3 Å². The van der Waals surface area contributed by atoms with E-state index in [2.05, 4.69) is 43.4 Å². The minimum Gasteiger partial charge on any atom is -0.465 e. The third-order valence-electron chi connectivity index (χ3n) is 3.46. The van der Waals surface area contributed by atoms with E-state index in [0.717, 1.165) is 25.8 Å². The summed E-state index contributed by atoms with van der Waals surface area (Å²) in [7, 11) is 0. The molecule has 3 nitrogen and oxygen atoms in total. The SMILES string of the molecule is CC(C)NCc1cccc(CC2CCCOC2=O)c1. The normalized spacial score (nSPS) is 19.5. The topological polar surface area (TPSA) is 38.3 Å². The molecule has 1 saturated heterocycles. The lowest BCUT2D eigenvalue weighted by Crippen LogP contribution is -2.26. The number of esters is 1. The average molecular weight is 261 g/mol. The van der Waals surface area contributed by atoms with E-state index >= 15 is 0 Å². The van der Waals surface area contributed by atoms with Crippen molar-refractivity contribution in [1.29, 1.82) is 0 Å². The molecule has 0 spiro atoms. The van der Waals surface area contributed by atoms with Crippen molar-refractivity contribution >= 4 is 5.97 Å². The third-order valence-corrected chi connectivity index (χ3v) is 3.46. The van der Waals surface area contributed by atoms with Crippen LogP contribution < -0.4 is 5.32 Å². The molecule has 2 rings (SSSR count). The summed E-state index contributed by atoms with van der Waals surface area (Å²) in [6.45, 7) is 5.75. The maximum atomic E-state index is 11.7. The number of hydrogen-bond acceptors (Lipinski definition) is 3. The fourth-order valence-electron chi connectivity index (χ4n) is 2.40. The zero-order chi connectivity index (χ0) is 13.7. The van der Waals surface area contributed by atoms with Gasteiger partial charge in [-0.1, -0.05) is 38.1 Å². The molecule has 1 aromatic rings. The van der Waals surface area contributed by atoms with Crippen molar-refractivity contribution in [3.63, 3.8) is 0 Å². The van der Waals surface area contributed by atoms with Gasteiger partial charge in [-0.2, -0.15) is 0 Å². The van der Waals surface area contributed by atoms with Gasteiger partial charge < -0.3 is 10.1 Å². The number of ether oxygens (including phenoxy) is 1. The Morgan fingerprint density at radius 3 is 2.89 bits per heavy atom. The molecular formula is C16H23NO2. The Kier molecular flexibility index (Phi) is 4.97. The van der Waals surface area contributed by atoms with E-state index < -0.39 is 0 Å². The highest BCUT2D eigenvalue weighted by Crippen LogP contribution is 2.20. The molecule has 1 fully saturated rings. The molecule has 19 heavy (non-hydrogen) atoms. The standard InChI is InChI=1S/C16H23NO2/c1-12(2)17-11-14-6-3-5-13(9-14)10-15-7-4-8-19-16(15)18/h3,5-6,9,12,15,17H,4,7-8,10-11H2,1-2H3. The lowest BCUT2D eigenvalue weighted by Gasteiger charge is -2.21. The first-order valence-corrected chi connectivity index (χ1v) is 7.13. The van der Waals surface area contributed by atoms with Gasteiger partial charge in [0.05, 0.1) is 12.5 Å². The lowest BCUT2D eigenvalue weighted by atomic mass is 9.93. The molecule has 0 aromatic heterocycles. The zero-order valence-electron chi connectivity index (χ0n) is 11.8. The van der Waals surface area contributed by atoms with E-state index in [1.54, 1.807) is 0 Å². The minimum atomic E-state index is -0.0306. The van der Waals surface area contributed by atoms with Crippen LogP contribution in [0.3, 0.4) is 0 Å². The summed E-state index contributed by atoms with van der Waals surface area (Å²) in [5.74, 6) is 0.0130. The second-order valence-corrected chi connectivity index (χ2v) is 5.57. The summed E-state index contributed by atoms with van der Waals surface area (Å²) in [4.78, 5) is 11.7. The second kappa shape index (κ2) is 6.71. The van der Waals surface area contributed by atoms with Gasteiger partial charge >= 0.3 is 5.97 Å². The van der Waals surface area contributed by atoms with Crippen molar-refractivity contribution < 1.29 is 9.53 Å². The molecule has 1 aliphatic heterocycles. The molecule has 1 N–H and O–H groups in total. The van der Waals surface area contributed by atoms with Gasteiger partial charge in [-0.05, 0) is 30.4 Å². The van der Waals surface area contributed by atoms with Gasteiger partial charge in [0.1, 0.15) is 0 Å². The Labute approximate surface area is 115 Å². The van der Waals surface area contributed by atoms with Gasteiger partial charge in [0, 0.05) is 12.6 Å². The predicted octanol–water partition coefficient (Wildman–Crippen LogP) is 2.68. The zero-order valence-corrected chi connectivity index (χ0v) is 11.8. The largest absolute Gasteiger partial charge is 0.465 e. The fraction of sp³-hybridized carbons (Fsp3) is 0.562. The number of rotatable bonds is 5. The first kappa shape index (κ1) is 14.1. The Bertz CT molecular complexity index is 429. The molecule has 1 atom stereocenters. The summed E-state index contributed by atoms with van der Waals surface area (Å²) in [6.07, 6.45) is 2.74.